The summed E-state index contributed by atoms with van der Waals surface area (Å²) in [6.45, 7) is 6.88. The van der Waals surface area contributed by atoms with Gasteiger partial charge in [-0.3, -0.25) is 14.4 Å². The molecular weight excluding hydrogens is 498 g/mol. The number of ketones is 2. The zero-order valence-electron chi connectivity index (χ0n) is 22.0. The predicted molar refractivity (Wildman–Crippen MR) is 130 cm³/mol. The Kier molecular flexibility index (Phi) is 5.56. The minimum atomic E-state index is -2.23. The minimum Gasteiger partial charge on any atom is -0.390 e. The molecule has 5 aliphatic rings. The zero-order chi connectivity index (χ0) is 27.4. The molecule has 2 heterocycles. The maximum atomic E-state index is 17.4. The summed E-state index contributed by atoms with van der Waals surface area (Å²) in [5, 5.41) is 27.3. The largest absolute Gasteiger partial charge is 0.390 e. The van der Waals surface area contributed by atoms with Gasteiger partial charge in [-0.15, -0.1) is 0 Å². The van der Waals surface area contributed by atoms with Crippen molar-refractivity contribution in [1.29, 1.82) is 0 Å². The molecule has 0 aromatic carbocycles. The van der Waals surface area contributed by atoms with E-state index in [4.69, 9.17) is 9.36 Å². The van der Waals surface area contributed by atoms with Gasteiger partial charge in [0, 0.05) is 34.8 Å². The molecule has 1 aromatic rings. The van der Waals surface area contributed by atoms with E-state index in [1.165, 1.54) is 18.2 Å². The summed E-state index contributed by atoms with van der Waals surface area (Å²) in [5.74, 6) is -2.07. The molecule has 0 amide bonds. The Morgan fingerprint density at radius 3 is 2.66 bits per heavy atom. The van der Waals surface area contributed by atoms with Crippen LogP contribution >= 0.6 is 0 Å². The topological polar surface area (TPSA) is 113 Å². The molecule has 1 aliphatic heterocycles. The summed E-state index contributed by atoms with van der Waals surface area (Å²) in [7, 11) is 0. The number of hydroxylamine groups is 2. The van der Waals surface area contributed by atoms with Crippen molar-refractivity contribution in [2.45, 2.75) is 77.0 Å². The predicted octanol–water partition coefficient (Wildman–Crippen LogP) is 2.88. The third kappa shape index (κ3) is 2.95. The first-order valence-electron chi connectivity index (χ1n) is 13.3. The maximum Gasteiger partial charge on any atom is 0.192 e. The number of aliphatic hydroxyl groups is 2. The molecule has 10 heteroatoms. The monoisotopic (exact) mass is 532 g/mol. The molecule has 2 N–H and O–H groups in total. The molecule has 8 nitrogen and oxygen atoms in total. The minimum absolute atomic E-state index is 0.0626. The van der Waals surface area contributed by atoms with E-state index in [9.17, 15) is 19.8 Å². The van der Waals surface area contributed by atoms with E-state index in [1.807, 2.05) is 13.8 Å². The van der Waals surface area contributed by atoms with Crippen molar-refractivity contribution in [1.82, 2.24) is 10.2 Å². The van der Waals surface area contributed by atoms with Crippen molar-refractivity contribution in [3.63, 3.8) is 0 Å². The Bertz CT molecular complexity index is 1260. The first kappa shape index (κ1) is 26.0. The molecule has 38 heavy (non-hydrogen) atoms. The standard InChI is InChI=1S/C28H34F2N2O6/c1-14-18(15(2)37-31-14)12-32-11-16-7-19-20-9-22(29)21-8-17(34)5-6-25(21,3)27(20,30)23(35)10-26(19,4)28(16,38-32)24(36)13-33/h5-6,8,16,19-20,22-23,33,35H,7,9-13H2,1-4H3. The van der Waals surface area contributed by atoms with E-state index in [-0.39, 0.29) is 18.4 Å². The Hall–Kier alpha value is -2.27. The molecule has 4 fully saturated rings. The summed E-state index contributed by atoms with van der Waals surface area (Å²) in [6.07, 6.45) is 0.793. The van der Waals surface area contributed by atoms with Gasteiger partial charge >= 0.3 is 0 Å². The number of allylic oxidation sites excluding steroid dienone is 4. The lowest BCUT2D eigenvalue weighted by Gasteiger charge is -2.63. The number of hydrogen-bond acceptors (Lipinski definition) is 8. The fourth-order valence-corrected chi connectivity index (χ4v) is 8.94. The lowest BCUT2D eigenvalue weighted by molar-refractivity contribution is -0.269. The highest BCUT2D eigenvalue weighted by Crippen LogP contribution is 2.72. The Balaban J connectivity index is 1.41. The van der Waals surface area contributed by atoms with Gasteiger partial charge in [0.15, 0.2) is 22.8 Å². The van der Waals surface area contributed by atoms with Gasteiger partial charge in [0.2, 0.25) is 0 Å². The van der Waals surface area contributed by atoms with Gasteiger partial charge in [-0.2, -0.15) is 5.06 Å². The van der Waals surface area contributed by atoms with Crippen molar-refractivity contribution >= 4 is 11.6 Å². The number of carbonyl (C=O) groups excluding carboxylic acids is 2. The van der Waals surface area contributed by atoms with Crippen LogP contribution in [-0.4, -0.2) is 68.7 Å². The highest BCUT2D eigenvalue weighted by molar-refractivity contribution is 6.01. The van der Waals surface area contributed by atoms with Crippen LogP contribution in [0.1, 0.15) is 50.1 Å². The summed E-state index contributed by atoms with van der Waals surface area (Å²) < 4.78 is 38.4. The fraction of sp³-hybridized carbons (Fsp3) is 0.679. The summed E-state index contributed by atoms with van der Waals surface area (Å²) >= 11 is 0. The Morgan fingerprint density at radius 1 is 1.26 bits per heavy atom. The zero-order valence-corrected chi connectivity index (χ0v) is 22.0. The number of carbonyl (C=O) groups is 2. The van der Waals surface area contributed by atoms with Crippen LogP contribution in [0.2, 0.25) is 0 Å². The molecule has 1 aromatic heterocycles. The average molecular weight is 533 g/mol. The first-order chi connectivity index (χ1) is 17.8. The highest BCUT2D eigenvalue weighted by Gasteiger charge is 2.79. The maximum absolute atomic E-state index is 17.4. The third-order valence-corrected chi connectivity index (χ3v) is 10.8. The van der Waals surface area contributed by atoms with Crippen LogP contribution < -0.4 is 0 Å². The number of Topliss-reactive ketones (excluding diaryl/α,β-unsaturated/α-hetero) is 1. The van der Waals surface area contributed by atoms with Crippen LogP contribution in [0, 0.1) is 42.4 Å². The van der Waals surface area contributed by atoms with Gasteiger partial charge in [-0.1, -0.05) is 18.2 Å². The van der Waals surface area contributed by atoms with Gasteiger partial charge in [-0.05, 0) is 63.7 Å². The van der Waals surface area contributed by atoms with E-state index in [1.54, 1.807) is 18.9 Å². The van der Waals surface area contributed by atoms with E-state index in [0.717, 1.165) is 5.56 Å². The van der Waals surface area contributed by atoms with Crippen molar-refractivity contribution in [2.24, 2.45) is 28.6 Å². The number of halogens is 2. The number of aromatic nitrogens is 1. The van der Waals surface area contributed by atoms with Gasteiger partial charge in [0.05, 0.1) is 18.3 Å². The normalized spacial score (nSPS) is 45.8. The average Bonchev–Trinajstić information content (AvgIpc) is 3.47. The smallest absolute Gasteiger partial charge is 0.192 e. The van der Waals surface area contributed by atoms with Crippen molar-refractivity contribution in [3.8, 4) is 0 Å². The van der Waals surface area contributed by atoms with Gasteiger partial charge in [0.1, 0.15) is 18.5 Å². The molecular formula is C28H34F2N2O6. The van der Waals surface area contributed by atoms with E-state index < -0.39 is 70.3 Å². The lowest BCUT2D eigenvalue weighted by Crippen LogP contribution is -2.70. The Morgan fingerprint density at radius 2 is 2.00 bits per heavy atom. The molecule has 0 bridgehead atoms. The molecule has 9 unspecified atom stereocenters. The molecule has 0 spiro atoms. The molecule has 1 saturated heterocycles. The first-order valence-corrected chi connectivity index (χ1v) is 13.3. The summed E-state index contributed by atoms with van der Waals surface area (Å²) in [5.41, 5.74) is -4.67. The van der Waals surface area contributed by atoms with Crippen LogP contribution in [-0.2, 0) is 21.0 Å². The van der Waals surface area contributed by atoms with Gasteiger partial charge in [0.25, 0.3) is 0 Å². The second kappa shape index (κ2) is 8.13. The van der Waals surface area contributed by atoms with E-state index in [2.05, 4.69) is 5.16 Å². The SMILES string of the molecule is Cc1noc(C)c1CN1CC2CC3C4CC(F)C5=CC(=O)C=CC5(C)C4(F)C(O)CC3(C)C2(C(=O)CO)O1. The Labute approximate surface area is 219 Å². The number of alkyl halides is 2. The van der Waals surface area contributed by atoms with Crippen LogP contribution in [0.5, 0.6) is 0 Å². The quantitative estimate of drug-likeness (QED) is 0.609. The van der Waals surface area contributed by atoms with Gasteiger partial charge in [-0.25, -0.2) is 8.78 Å². The van der Waals surface area contributed by atoms with Crippen molar-refractivity contribution in [3.05, 3.63) is 40.8 Å². The van der Waals surface area contributed by atoms with Gasteiger partial charge < -0.3 is 14.7 Å². The number of nitrogens with zero attached hydrogens (tertiary/aromatic N) is 2. The van der Waals surface area contributed by atoms with Crippen LogP contribution in [0.15, 0.2) is 28.3 Å². The van der Waals surface area contributed by atoms with E-state index >= 15 is 8.78 Å². The number of fused-ring (bicyclic) bond motifs is 7. The molecule has 9 atom stereocenters. The van der Waals surface area contributed by atoms with Crippen LogP contribution in [0.3, 0.4) is 0 Å². The molecule has 4 aliphatic carbocycles. The third-order valence-electron chi connectivity index (χ3n) is 10.8. The van der Waals surface area contributed by atoms with Crippen molar-refractivity contribution < 1.29 is 37.9 Å². The molecule has 6 rings (SSSR count). The summed E-state index contributed by atoms with van der Waals surface area (Å²) in [4.78, 5) is 32.1. The lowest BCUT2D eigenvalue weighted by atomic mass is 9.44. The molecule has 3 saturated carbocycles. The van der Waals surface area contributed by atoms with Crippen LogP contribution in [0.4, 0.5) is 8.78 Å². The molecule has 206 valence electrons. The number of hydrogen-bond donors (Lipinski definition) is 2. The van der Waals surface area contributed by atoms with Crippen LogP contribution in [0.25, 0.3) is 0 Å². The number of aryl methyl sites for hydroxylation is 2. The molecule has 0 radical (unpaired) electrons. The fourth-order valence-electron chi connectivity index (χ4n) is 8.94. The van der Waals surface area contributed by atoms with E-state index in [0.29, 0.717) is 31.0 Å². The summed E-state index contributed by atoms with van der Waals surface area (Å²) in [6, 6.07) is 0. The van der Waals surface area contributed by atoms with Crippen molar-refractivity contribution in [2.75, 3.05) is 13.2 Å². The number of rotatable bonds is 4. The number of aliphatic hydroxyl groups excluding tert-OH is 2. The second-order valence-corrected chi connectivity index (χ2v) is 12.3. The highest BCUT2D eigenvalue weighted by atomic mass is 19.1. The second-order valence-electron chi connectivity index (χ2n) is 12.3.